The van der Waals surface area contributed by atoms with Gasteiger partial charge in [0.1, 0.15) is 0 Å². The number of thiophene rings is 1. The maximum Gasteiger partial charge on any atom is 0.306 e. The van der Waals surface area contributed by atoms with Gasteiger partial charge in [-0.3, -0.25) is 19.2 Å². The smallest absolute Gasteiger partial charge is 0.306 e. The number of rotatable bonds is 8. The highest BCUT2D eigenvalue weighted by molar-refractivity contribution is 7.12. The number of Topliss-reactive ketones (excluding diaryl/α,β-unsaturated/α-hetero) is 2. The zero-order valence-corrected chi connectivity index (χ0v) is 14.4. The van der Waals surface area contributed by atoms with Crippen LogP contribution in [0.25, 0.3) is 0 Å². The molecule has 1 N–H and O–H groups in total. The molecule has 0 saturated carbocycles. The van der Waals surface area contributed by atoms with E-state index in [1.807, 2.05) is 0 Å². The maximum absolute atomic E-state index is 11.8. The Morgan fingerprint density at radius 3 is 2.56 bits per heavy atom. The van der Waals surface area contributed by atoms with Crippen LogP contribution in [0.1, 0.15) is 39.8 Å². The molecule has 6 nitrogen and oxygen atoms in total. The number of ether oxygens (including phenoxy) is 1. The van der Waals surface area contributed by atoms with Crippen molar-refractivity contribution in [2.75, 3.05) is 11.9 Å². The highest BCUT2D eigenvalue weighted by Crippen LogP contribution is 2.13. The quantitative estimate of drug-likeness (QED) is 0.578. The second kappa shape index (κ2) is 8.89. The fourth-order valence-corrected chi connectivity index (χ4v) is 2.70. The molecule has 0 spiro atoms. The van der Waals surface area contributed by atoms with Crippen molar-refractivity contribution in [1.29, 1.82) is 0 Å². The Balaban J connectivity index is 1.74. The van der Waals surface area contributed by atoms with Gasteiger partial charge in [-0.05, 0) is 30.5 Å². The number of carbonyl (C=O) groups excluding carboxylic acids is 4. The zero-order chi connectivity index (χ0) is 18.2. The number of ketones is 2. The van der Waals surface area contributed by atoms with Crippen LogP contribution in [0.15, 0.2) is 41.8 Å². The van der Waals surface area contributed by atoms with Gasteiger partial charge in [0.2, 0.25) is 0 Å². The number of carbonyl (C=O) groups is 4. The zero-order valence-electron chi connectivity index (χ0n) is 13.6. The first-order chi connectivity index (χ1) is 12.0. The molecule has 0 unspecified atom stereocenters. The molecule has 1 aromatic carbocycles. The van der Waals surface area contributed by atoms with Crippen LogP contribution in [0.4, 0.5) is 5.69 Å². The van der Waals surface area contributed by atoms with E-state index in [9.17, 15) is 19.2 Å². The van der Waals surface area contributed by atoms with E-state index < -0.39 is 18.5 Å². The van der Waals surface area contributed by atoms with Crippen molar-refractivity contribution in [1.82, 2.24) is 0 Å². The summed E-state index contributed by atoms with van der Waals surface area (Å²) in [6.07, 6.45) is -0.0363. The van der Waals surface area contributed by atoms with Gasteiger partial charge in [0.15, 0.2) is 18.2 Å². The molecule has 0 fully saturated rings. The number of esters is 1. The van der Waals surface area contributed by atoms with Gasteiger partial charge in [0, 0.05) is 17.7 Å². The summed E-state index contributed by atoms with van der Waals surface area (Å²) in [7, 11) is 0. The first-order valence-corrected chi connectivity index (χ1v) is 8.47. The number of amides is 1. The van der Waals surface area contributed by atoms with Gasteiger partial charge >= 0.3 is 5.97 Å². The van der Waals surface area contributed by atoms with E-state index in [1.54, 1.807) is 41.8 Å². The second-order valence-corrected chi connectivity index (χ2v) is 6.19. The summed E-state index contributed by atoms with van der Waals surface area (Å²) in [6.45, 7) is 0.983. The van der Waals surface area contributed by atoms with Crippen LogP contribution in [0.2, 0.25) is 0 Å². The van der Waals surface area contributed by atoms with Crippen LogP contribution < -0.4 is 5.32 Å². The third-order valence-corrected chi connectivity index (χ3v) is 4.18. The largest absolute Gasteiger partial charge is 0.456 e. The summed E-state index contributed by atoms with van der Waals surface area (Å²) in [5.74, 6) is -1.37. The average Bonchev–Trinajstić information content (AvgIpc) is 3.12. The first-order valence-electron chi connectivity index (χ1n) is 7.59. The molecule has 1 aromatic heterocycles. The van der Waals surface area contributed by atoms with Crippen molar-refractivity contribution in [2.24, 2.45) is 0 Å². The number of hydrogen-bond donors (Lipinski definition) is 1. The molecular weight excluding hydrogens is 342 g/mol. The topological polar surface area (TPSA) is 89.5 Å². The number of hydrogen-bond acceptors (Lipinski definition) is 6. The fraction of sp³-hybridized carbons (Fsp3) is 0.222. The third kappa shape index (κ3) is 5.96. The molecule has 2 rings (SSSR count). The molecule has 0 atom stereocenters. The summed E-state index contributed by atoms with van der Waals surface area (Å²) in [4.78, 5) is 47.1. The molecule has 0 aliphatic heterocycles. The monoisotopic (exact) mass is 359 g/mol. The predicted molar refractivity (Wildman–Crippen MR) is 93.9 cm³/mol. The normalized spacial score (nSPS) is 10.1. The molecule has 0 bridgehead atoms. The number of nitrogens with one attached hydrogen (secondary N) is 1. The Hall–Kier alpha value is -2.80. The van der Waals surface area contributed by atoms with Crippen LogP contribution in [-0.4, -0.2) is 30.0 Å². The summed E-state index contributed by atoms with van der Waals surface area (Å²) in [5.41, 5.74) is 0.920. The molecule has 0 saturated heterocycles. The van der Waals surface area contributed by atoms with Crippen molar-refractivity contribution in [3.8, 4) is 0 Å². The Kier molecular flexibility index (Phi) is 6.59. The Labute approximate surface area is 148 Å². The van der Waals surface area contributed by atoms with Crippen LogP contribution in [0.3, 0.4) is 0 Å². The van der Waals surface area contributed by atoms with Crippen molar-refractivity contribution in [2.45, 2.75) is 19.8 Å². The van der Waals surface area contributed by atoms with Gasteiger partial charge in [0.25, 0.3) is 5.91 Å². The molecule has 1 heterocycles. The Bertz CT molecular complexity index is 783. The van der Waals surface area contributed by atoms with Crippen LogP contribution in [-0.2, 0) is 14.3 Å². The molecule has 7 heteroatoms. The lowest BCUT2D eigenvalue weighted by Crippen LogP contribution is -2.21. The van der Waals surface area contributed by atoms with Gasteiger partial charge in [0.05, 0.1) is 11.3 Å². The summed E-state index contributed by atoms with van der Waals surface area (Å²) < 4.78 is 4.85. The fourth-order valence-electron chi connectivity index (χ4n) is 2.01. The highest BCUT2D eigenvalue weighted by Gasteiger charge is 2.13. The summed E-state index contributed by atoms with van der Waals surface area (Å²) >= 11 is 1.32. The highest BCUT2D eigenvalue weighted by atomic mass is 32.1. The lowest BCUT2D eigenvalue weighted by atomic mass is 10.1. The molecule has 0 aliphatic carbocycles. The van der Waals surface area contributed by atoms with Crippen molar-refractivity contribution in [3.63, 3.8) is 0 Å². The lowest BCUT2D eigenvalue weighted by molar-refractivity contribution is -0.147. The molecule has 25 heavy (non-hydrogen) atoms. The van der Waals surface area contributed by atoms with E-state index in [0.717, 1.165) is 0 Å². The first kappa shape index (κ1) is 18.5. The average molecular weight is 359 g/mol. The van der Waals surface area contributed by atoms with Crippen molar-refractivity contribution in [3.05, 3.63) is 52.2 Å². The second-order valence-electron chi connectivity index (χ2n) is 5.25. The minimum Gasteiger partial charge on any atom is -0.456 e. The minimum absolute atomic E-state index is 0.0433. The number of anilines is 1. The van der Waals surface area contributed by atoms with E-state index in [2.05, 4.69) is 5.32 Å². The van der Waals surface area contributed by atoms with E-state index in [0.29, 0.717) is 16.1 Å². The van der Waals surface area contributed by atoms with Gasteiger partial charge < -0.3 is 10.1 Å². The standard InChI is InChI=1S/C18H17NO5S/c1-12(20)13-4-2-5-14(10-13)19-17(22)11-24-18(23)8-7-15(21)16-6-3-9-25-16/h2-6,9-10H,7-8,11H2,1H3,(H,19,22). The summed E-state index contributed by atoms with van der Waals surface area (Å²) in [5, 5.41) is 4.33. The van der Waals surface area contributed by atoms with Crippen LogP contribution in [0, 0.1) is 0 Å². The molecule has 130 valence electrons. The van der Waals surface area contributed by atoms with Crippen molar-refractivity contribution < 1.29 is 23.9 Å². The van der Waals surface area contributed by atoms with Crippen LogP contribution >= 0.6 is 11.3 Å². The molecule has 0 radical (unpaired) electrons. The summed E-state index contributed by atoms with van der Waals surface area (Å²) in [6, 6.07) is 9.92. The predicted octanol–water partition coefficient (Wildman–Crippen LogP) is 3.10. The van der Waals surface area contributed by atoms with E-state index in [1.165, 1.54) is 18.3 Å². The minimum atomic E-state index is -0.613. The lowest BCUT2D eigenvalue weighted by Gasteiger charge is -2.07. The Morgan fingerprint density at radius 1 is 1.08 bits per heavy atom. The van der Waals surface area contributed by atoms with Crippen LogP contribution in [0.5, 0.6) is 0 Å². The third-order valence-electron chi connectivity index (χ3n) is 3.27. The molecule has 2 aromatic rings. The van der Waals surface area contributed by atoms with Gasteiger partial charge in [-0.1, -0.05) is 18.2 Å². The molecule has 0 aliphatic rings. The van der Waals surface area contributed by atoms with Gasteiger partial charge in [-0.25, -0.2) is 0 Å². The van der Waals surface area contributed by atoms with E-state index in [4.69, 9.17) is 4.74 Å². The molecular formula is C18H17NO5S. The molecule has 1 amide bonds. The van der Waals surface area contributed by atoms with Crippen molar-refractivity contribution >= 4 is 40.5 Å². The number of benzene rings is 1. The maximum atomic E-state index is 11.8. The van der Waals surface area contributed by atoms with E-state index in [-0.39, 0.29) is 24.4 Å². The van der Waals surface area contributed by atoms with E-state index >= 15 is 0 Å². The SMILES string of the molecule is CC(=O)c1cccc(NC(=O)COC(=O)CCC(=O)c2cccs2)c1. The van der Waals surface area contributed by atoms with Gasteiger partial charge in [-0.15, -0.1) is 11.3 Å². The van der Waals surface area contributed by atoms with Gasteiger partial charge in [-0.2, -0.15) is 0 Å². The Morgan fingerprint density at radius 2 is 1.88 bits per heavy atom.